The van der Waals surface area contributed by atoms with Gasteiger partial charge in [0.05, 0.1) is 6.07 Å². The van der Waals surface area contributed by atoms with Gasteiger partial charge in [-0.1, -0.05) is 19.1 Å². The fourth-order valence-electron chi connectivity index (χ4n) is 1.41. The average Bonchev–Trinajstić information content (AvgIpc) is 2.09. The Morgan fingerprint density at radius 1 is 1.75 bits per heavy atom. The number of hydrogen-bond acceptors (Lipinski definition) is 2. The van der Waals surface area contributed by atoms with Crippen LogP contribution < -0.4 is 0 Å². The van der Waals surface area contributed by atoms with Gasteiger partial charge in [-0.15, -0.1) is 0 Å². The van der Waals surface area contributed by atoms with Gasteiger partial charge in [-0.05, 0) is 24.2 Å². The quantitative estimate of drug-likeness (QED) is 0.614. The second-order valence-electron chi connectivity index (χ2n) is 3.13. The Morgan fingerprint density at radius 2 is 2.50 bits per heavy atom. The summed E-state index contributed by atoms with van der Waals surface area (Å²) in [6.45, 7) is 2.10. The summed E-state index contributed by atoms with van der Waals surface area (Å²) in [4.78, 5) is 0. The molecule has 1 rings (SSSR count). The zero-order valence-electron chi connectivity index (χ0n) is 7.20. The minimum Gasteiger partial charge on any atom is -0.454 e. The Balaban J connectivity index is 2.69. The molecule has 3 heteroatoms. The number of hydrogen-bond donors (Lipinski definition) is 1. The maximum Gasteiger partial charge on any atom is 0.271 e. The molecule has 0 radical (unpaired) electrons. The molecule has 1 unspecified atom stereocenters. The van der Waals surface area contributed by atoms with Crippen LogP contribution in [0.15, 0.2) is 23.8 Å². The topological polar surface area (TPSA) is 44.0 Å². The summed E-state index contributed by atoms with van der Waals surface area (Å²) in [7, 11) is 0.193. The molecule has 2 nitrogen and oxygen atoms in total. The molecule has 1 aliphatic rings. The molecule has 1 N–H and O–H groups in total. The van der Waals surface area contributed by atoms with Crippen molar-refractivity contribution < 1.29 is 5.02 Å². The lowest BCUT2D eigenvalue weighted by Gasteiger charge is -2.19. The molecule has 0 saturated heterocycles. The maximum atomic E-state index is 8.76. The van der Waals surface area contributed by atoms with Gasteiger partial charge in [-0.2, -0.15) is 5.26 Å². The lowest BCUT2D eigenvalue weighted by molar-refractivity contribution is 0.516. The van der Waals surface area contributed by atoms with E-state index >= 15 is 0 Å². The van der Waals surface area contributed by atoms with Gasteiger partial charge in [-0.3, -0.25) is 0 Å². The molecule has 0 spiro atoms. The van der Waals surface area contributed by atoms with E-state index in [1.165, 1.54) is 0 Å². The first kappa shape index (κ1) is 9.09. The minimum atomic E-state index is 0.193. The fraction of sp³-hybridized carbons (Fsp3) is 0.444. The van der Waals surface area contributed by atoms with Crippen molar-refractivity contribution in [1.29, 1.82) is 5.26 Å². The van der Waals surface area contributed by atoms with Crippen LogP contribution >= 0.6 is 0 Å². The monoisotopic (exact) mass is 161 g/mol. The van der Waals surface area contributed by atoms with Crippen molar-refractivity contribution in [2.75, 3.05) is 0 Å². The molecule has 0 aromatic heterocycles. The first-order valence-electron chi connectivity index (χ1n) is 4.19. The maximum absolute atomic E-state index is 8.76. The largest absolute Gasteiger partial charge is 0.454 e. The average molecular weight is 161 g/mol. The van der Waals surface area contributed by atoms with Crippen LogP contribution in [0.2, 0.25) is 6.32 Å². The zero-order valence-corrected chi connectivity index (χ0v) is 7.20. The lowest BCUT2D eigenvalue weighted by Crippen LogP contribution is -2.12. The Bertz CT molecular complexity index is 252. The minimum absolute atomic E-state index is 0.193. The molecule has 0 saturated carbocycles. The number of nitriles is 1. The van der Waals surface area contributed by atoms with Crippen LogP contribution in [0.5, 0.6) is 0 Å². The Morgan fingerprint density at radius 3 is 3.08 bits per heavy atom. The van der Waals surface area contributed by atoms with E-state index in [0.717, 1.165) is 6.32 Å². The van der Waals surface area contributed by atoms with E-state index in [1.54, 1.807) is 0 Å². The molecule has 12 heavy (non-hydrogen) atoms. The molecule has 2 atom stereocenters. The van der Waals surface area contributed by atoms with Crippen molar-refractivity contribution in [3.05, 3.63) is 23.8 Å². The number of nitrogens with zero attached hydrogens (tertiary/aromatic N) is 1. The van der Waals surface area contributed by atoms with Crippen LogP contribution in [0, 0.1) is 23.2 Å². The first-order chi connectivity index (χ1) is 5.77. The van der Waals surface area contributed by atoms with E-state index in [9.17, 15) is 0 Å². The van der Waals surface area contributed by atoms with Crippen molar-refractivity contribution in [2.45, 2.75) is 13.2 Å². The highest BCUT2D eigenvalue weighted by atomic mass is 16.2. The highest BCUT2D eigenvalue weighted by molar-refractivity contribution is 6.25. The smallest absolute Gasteiger partial charge is 0.271 e. The second kappa shape index (κ2) is 4.13. The summed E-state index contributed by atoms with van der Waals surface area (Å²) >= 11 is 0. The zero-order chi connectivity index (χ0) is 8.97. The molecule has 0 aromatic carbocycles. The third-order valence-corrected chi connectivity index (χ3v) is 2.24. The molecule has 0 aliphatic heterocycles. The highest BCUT2D eigenvalue weighted by Gasteiger charge is 2.16. The van der Waals surface area contributed by atoms with Gasteiger partial charge in [0.1, 0.15) is 0 Å². The number of rotatable bonds is 2. The van der Waals surface area contributed by atoms with E-state index in [-0.39, 0.29) is 7.48 Å². The van der Waals surface area contributed by atoms with E-state index < -0.39 is 0 Å². The Labute approximate surface area is 73.5 Å². The summed E-state index contributed by atoms with van der Waals surface area (Å²) in [6.07, 6.45) is 6.56. The van der Waals surface area contributed by atoms with Crippen LogP contribution in [0.25, 0.3) is 0 Å². The molecule has 0 heterocycles. The molecular weight excluding hydrogens is 149 g/mol. The predicted molar refractivity (Wildman–Crippen MR) is 49.7 cm³/mol. The SMILES string of the molecule is C[C@H]1C=CC(C#N)=CC1CBO. The molecule has 0 amide bonds. The van der Waals surface area contributed by atoms with E-state index in [0.29, 0.717) is 17.4 Å². The summed E-state index contributed by atoms with van der Waals surface area (Å²) in [5, 5.41) is 17.4. The van der Waals surface area contributed by atoms with Crippen LogP contribution in [0.3, 0.4) is 0 Å². The van der Waals surface area contributed by atoms with Gasteiger partial charge < -0.3 is 5.02 Å². The highest BCUT2D eigenvalue weighted by Crippen LogP contribution is 2.24. The summed E-state index contributed by atoms with van der Waals surface area (Å²) < 4.78 is 0. The third kappa shape index (κ3) is 1.99. The molecule has 1 aliphatic carbocycles. The van der Waals surface area contributed by atoms with E-state index in [2.05, 4.69) is 13.0 Å². The summed E-state index contributed by atoms with van der Waals surface area (Å²) in [5.74, 6) is 0.767. The standard InChI is InChI=1S/C9H12BNO/c1-7-2-3-8(6-11)4-9(7)5-10-12/h2-4,7,9-10,12H,5H2,1H3/t7-,9?/m0/s1. The third-order valence-electron chi connectivity index (χ3n) is 2.24. The summed E-state index contributed by atoms with van der Waals surface area (Å²) in [5.41, 5.74) is 0.714. The summed E-state index contributed by atoms with van der Waals surface area (Å²) in [6, 6.07) is 2.11. The Kier molecular flexibility index (Phi) is 3.13. The van der Waals surface area contributed by atoms with Crippen LogP contribution in [0.4, 0.5) is 0 Å². The van der Waals surface area contributed by atoms with E-state index in [1.807, 2.05) is 18.2 Å². The normalized spacial score (nSPS) is 27.6. The van der Waals surface area contributed by atoms with Crippen LogP contribution in [-0.2, 0) is 0 Å². The lowest BCUT2D eigenvalue weighted by atomic mass is 9.76. The second-order valence-corrected chi connectivity index (χ2v) is 3.13. The van der Waals surface area contributed by atoms with Gasteiger partial charge in [-0.25, -0.2) is 0 Å². The van der Waals surface area contributed by atoms with Crippen LogP contribution in [-0.4, -0.2) is 12.5 Å². The molecule has 0 fully saturated rings. The predicted octanol–water partition coefficient (Wildman–Crippen LogP) is 1.02. The first-order valence-corrected chi connectivity index (χ1v) is 4.19. The molecule has 0 bridgehead atoms. The number of allylic oxidation sites excluding steroid dienone is 4. The van der Waals surface area contributed by atoms with Gasteiger partial charge in [0.2, 0.25) is 0 Å². The molecule has 62 valence electrons. The van der Waals surface area contributed by atoms with Gasteiger partial charge in [0.15, 0.2) is 0 Å². The Hall–Kier alpha value is -1.01. The van der Waals surface area contributed by atoms with Gasteiger partial charge in [0.25, 0.3) is 7.48 Å². The van der Waals surface area contributed by atoms with Gasteiger partial charge >= 0.3 is 0 Å². The van der Waals surface area contributed by atoms with Crippen molar-refractivity contribution in [1.82, 2.24) is 0 Å². The van der Waals surface area contributed by atoms with E-state index in [4.69, 9.17) is 10.3 Å². The van der Waals surface area contributed by atoms with Crippen molar-refractivity contribution >= 4 is 7.48 Å². The van der Waals surface area contributed by atoms with Crippen molar-refractivity contribution in [3.8, 4) is 6.07 Å². The molecule has 0 aromatic rings. The fourth-order valence-corrected chi connectivity index (χ4v) is 1.41. The molecular formula is C9H12BNO. The van der Waals surface area contributed by atoms with Crippen LogP contribution in [0.1, 0.15) is 6.92 Å². The van der Waals surface area contributed by atoms with Crippen molar-refractivity contribution in [2.24, 2.45) is 11.8 Å². The van der Waals surface area contributed by atoms with Gasteiger partial charge in [0, 0.05) is 5.57 Å². The van der Waals surface area contributed by atoms with Crippen molar-refractivity contribution in [3.63, 3.8) is 0 Å².